The summed E-state index contributed by atoms with van der Waals surface area (Å²) in [5.41, 5.74) is 3.09. The van der Waals surface area contributed by atoms with E-state index in [9.17, 15) is 9.18 Å². The maximum Gasteiger partial charge on any atom is 0.277 e. The van der Waals surface area contributed by atoms with Crippen LogP contribution in [0.1, 0.15) is 38.3 Å². The first-order valence-electron chi connectivity index (χ1n) is 10.7. The Morgan fingerprint density at radius 3 is 2.59 bits per heavy atom. The Labute approximate surface area is 204 Å². The van der Waals surface area contributed by atoms with Gasteiger partial charge in [-0.05, 0) is 50.1 Å². The number of thiazole rings is 1. The van der Waals surface area contributed by atoms with Gasteiger partial charge in [-0.1, -0.05) is 43.0 Å². The van der Waals surface area contributed by atoms with Crippen molar-refractivity contribution < 1.29 is 18.3 Å². The number of anilines is 1. The third-order valence-corrected chi connectivity index (χ3v) is 6.63. The molecule has 2 aromatic carbocycles. The highest BCUT2D eigenvalue weighted by molar-refractivity contribution is 8.00. The number of rotatable bonds is 9. The van der Waals surface area contributed by atoms with Crippen LogP contribution in [-0.4, -0.2) is 26.3 Å². The highest BCUT2D eigenvalue weighted by atomic mass is 32.2. The molecule has 0 aliphatic heterocycles. The van der Waals surface area contributed by atoms with Crippen molar-refractivity contribution in [3.63, 3.8) is 0 Å². The second-order valence-electron chi connectivity index (χ2n) is 7.46. The molecule has 1 amide bonds. The minimum Gasteiger partial charge on any atom is -0.481 e. The predicted octanol–water partition coefficient (Wildman–Crippen LogP) is 6.15. The summed E-state index contributed by atoms with van der Waals surface area (Å²) in [6.07, 6.45) is 0.451. The molecule has 0 saturated heterocycles. The van der Waals surface area contributed by atoms with Gasteiger partial charge in [0.05, 0.1) is 10.9 Å². The summed E-state index contributed by atoms with van der Waals surface area (Å²) in [5.74, 6) is 0.183. The van der Waals surface area contributed by atoms with E-state index in [1.54, 1.807) is 13.8 Å². The van der Waals surface area contributed by atoms with Crippen LogP contribution in [0.2, 0.25) is 0 Å². The van der Waals surface area contributed by atoms with Gasteiger partial charge in [-0.3, -0.25) is 4.79 Å². The SMILES string of the molecule is CCc1ccc(-c2csc(NC(=O)[C@@H](C)Sc3nnc([C@H](C)Oc4ccc(F)cc4)o3)n2)cc1. The monoisotopic (exact) mass is 498 g/mol. The zero-order valence-electron chi connectivity index (χ0n) is 18.8. The second-order valence-corrected chi connectivity index (χ2v) is 9.61. The summed E-state index contributed by atoms with van der Waals surface area (Å²) < 4.78 is 24.4. The highest BCUT2D eigenvalue weighted by Crippen LogP contribution is 2.29. The Bertz CT molecular complexity index is 1240. The first-order valence-corrected chi connectivity index (χ1v) is 12.4. The molecule has 176 valence electrons. The number of aryl methyl sites for hydroxylation is 1. The molecule has 2 heterocycles. The fourth-order valence-electron chi connectivity index (χ4n) is 2.99. The maximum atomic E-state index is 13.0. The third-order valence-electron chi connectivity index (χ3n) is 4.94. The van der Waals surface area contributed by atoms with Crippen molar-refractivity contribution in [2.24, 2.45) is 0 Å². The molecular weight excluding hydrogens is 475 g/mol. The van der Waals surface area contributed by atoms with E-state index < -0.39 is 11.4 Å². The molecule has 0 radical (unpaired) electrons. The normalized spacial score (nSPS) is 12.8. The Kier molecular flexibility index (Phi) is 7.59. The molecule has 0 aliphatic carbocycles. The lowest BCUT2D eigenvalue weighted by atomic mass is 10.1. The number of ether oxygens (including phenoxy) is 1. The lowest BCUT2D eigenvalue weighted by molar-refractivity contribution is -0.115. The largest absolute Gasteiger partial charge is 0.481 e. The molecule has 7 nitrogen and oxygen atoms in total. The number of aromatic nitrogens is 3. The first-order chi connectivity index (χ1) is 16.4. The summed E-state index contributed by atoms with van der Waals surface area (Å²) in [4.78, 5) is 17.2. The number of hydrogen-bond acceptors (Lipinski definition) is 8. The molecule has 1 N–H and O–H groups in total. The van der Waals surface area contributed by atoms with E-state index in [4.69, 9.17) is 9.15 Å². The molecule has 0 spiro atoms. The van der Waals surface area contributed by atoms with Crippen LogP contribution in [0.25, 0.3) is 11.3 Å². The topological polar surface area (TPSA) is 90.1 Å². The fourth-order valence-corrected chi connectivity index (χ4v) is 4.40. The zero-order chi connectivity index (χ0) is 24.1. The van der Waals surface area contributed by atoms with Gasteiger partial charge in [0.15, 0.2) is 11.2 Å². The van der Waals surface area contributed by atoms with Crippen LogP contribution in [0.3, 0.4) is 0 Å². The average Bonchev–Trinajstić information content (AvgIpc) is 3.50. The Hall–Kier alpha value is -3.24. The lowest BCUT2D eigenvalue weighted by Crippen LogP contribution is -2.22. The van der Waals surface area contributed by atoms with E-state index in [1.807, 2.05) is 17.5 Å². The second kappa shape index (κ2) is 10.8. The average molecular weight is 499 g/mol. The van der Waals surface area contributed by atoms with Gasteiger partial charge in [0.2, 0.25) is 5.91 Å². The summed E-state index contributed by atoms with van der Waals surface area (Å²) in [7, 11) is 0. The molecule has 2 atom stereocenters. The third kappa shape index (κ3) is 6.00. The van der Waals surface area contributed by atoms with Crippen LogP contribution >= 0.6 is 23.1 Å². The van der Waals surface area contributed by atoms with Gasteiger partial charge >= 0.3 is 0 Å². The van der Waals surface area contributed by atoms with E-state index in [-0.39, 0.29) is 22.8 Å². The van der Waals surface area contributed by atoms with E-state index >= 15 is 0 Å². The molecule has 2 aromatic heterocycles. The number of carbonyl (C=O) groups is 1. The van der Waals surface area contributed by atoms with E-state index in [2.05, 4.69) is 39.6 Å². The number of carbonyl (C=O) groups excluding carboxylic acids is 1. The molecular formula is C24H23FN4O3S2. The fraction of sp³-hybridized carbons (Fsp3) is 0.250. The van der Waals surface area contributed by atoms with Crippen LogP contribution < -0.4 is 10.1 Å². The minimum atomic E-state index is -0.531. The smallest absolute Gasteiger partial charge is 0.277 e. The molecule has 10 heteroatoms. The Morgan fingerprint density at radius 1 is 1.15 bits per heavy atom. The number of hydrogen-bond donors (Lipinski definition) is 1. The number of thioether (sulfide) groups is 1. The summed E-state index contributed by atoms with van der Waals surface area (Å²) >= 11 is 2.52. The summed E-state index contributed by atoms with van der Waals surface area (Å²) in [5, 5.41) is 13.0. The van der Waals surface area contributed by atoms with Gasteiger partial charge in [-0.15, -0.1) is 21.5 Å². The van der Waals surface area contributed by atoms with Gasteiger partial charge < -0.3 is 14.5 Å². The number of nitrogens with zero attached hydrogens (tertiary/aromatic N) is 3. The molecule has 0 saturated carbocycles. The molecule has 0 aliphatic rings. The molecule has 0 unspecified atom stereocenters. The summed E-state index contributed by atoms with van der Waals surface area (Å²) in [6.45, 7) is 5.61. The standard InChI is InChI=1S/C24H23FN4O3S2/c1-4-16-5-7-17(8-6-16)20-13-33-23(26-20)27-21(30)15(3)34-24-29-28-22(32-24)14(2)31-19-11-9-18(25)10-12-19/h5-15H,4H2,1-3H3,(H,26,27,30)/t14-,15+/m0/s1. The van der Waals surface area contributed by atoms with Crippen LogP contribution in [0.4, 0.5) is 9.52 Å². The Balaban J connectivity index is 1.32. The van der Waals surface area contributed by atoms with Gasteiger partial charge in [-0.25, -0.2) is 9.37 Å². The summed E-state index contributed by atoms with van der Waals surface area (Å²) in [6, 6.07) is 13.9. The molecule has 4 rings (SSSR count). The number of halogens is 1. The van der Waals surface area contributed by atoms with Gasteiger partial charge in [0.1, 0.15) is 11.6 Å². The van der Waals surface area contributed by atoms with E-state index in [0.717, 1.165) is 29.4 Å². The highest BCUT2D eigenvalue weighted by Gasteiger charge is 2.22. The molecule has 0 bridgehead atoms. The zero-order valence-corrected chi connectivity index (χ0v) is 20.5. The number of benzene rings is 2. The van der Waals surface area contributed by atoms with Crippen LogP contribution in [-0.2, 0) is 11.2 Å². The van der Waals surface area contributed by atoms with Crippen molar-refractivity contribution in [3.05, 3.63) is 71.2 Å². The van der Waals surface area contributed by atoms with Crippen LogP contribution in [0.15, 0.2) is 63.6 Å². The maximum absolute atomic E-state index is 13.0. The van der Waals surface area contributed by atoms with Crippen LogP contribution in [0, 0.1) is 5.82 Å². The van der Waals surface area contributed by atoms with Crippen molar-refractivity contribution in [2.75, 3.05) is 5.32 Å². The number of nitrogens with one attached hydrogen (secondary N) is 1. The van der Waals surface area contributed by atoms with E-state index in [1.165, 1.54) is 41.2 Å². The predicted molar refractivity (Wildman–Crippen MR) is 131 cm³/mol. The van der Waals surface area contributed by atoms with Gasteiger partial charge in [0, 0.05) is 10.9 Å². The van der Waals surface area contributed by atoms with Crippen molar-refractivity contribution in [2.45, 2.75) is 43.8 Å². The van der Waals surface area contributed by atoms with Crippen molar-refractivity contribution in [3.8, 4) is 17.0 Å². The molecule has 34 heavy (non-hydrogen) atoms. The van der Waals surface area contributed by atoms with Gasteiger partial charge in [-0.2, -0.15) is 0 Å². The Morgan fingerprint density at radius 2 is 1.88 bits per heavy atom. The molecule has 4 aromatic rings. The van der Waals surface area contributed by atoms with Crippen molar-refractivity contribution in [1.29, 1.82) is 0 Å². The molecule has 0 fully saturated rings. The quantitative estimate of drug-likeness (QED) is 0.277. The van der Waals surface area contributed by atoms with Crippen molar-refractivity contribution in [1.82, 2.24) is 15.2 Å². The number of amides is 1. The first kappa shape index (κ1) is 23.9. The lowest BCUT2D eigenvalue weighted by Gasteiger charge is -2.10. The minimum absolute atomic E-state index is 0.220. The van der Waals surface area contributed by atoms with Crippen molar-refractivity contribution >= 4 is 34.1 Å². The van der Waals surface area contributed by atoms with Gasteiger partial charge in [0.25, 0.3) is 11.1 Å². The van der Waals surface area contributed by atoms with Crippen LogP contribution in [0.5, 0.6) is 5.75 Å². The van der Waals surface area contributed by atoms with E-state index in [0.29, 0.717) is 10.9 Å².